The van der Waals surface area contributed by atoms with Crippen molar-refractivity contribution in [2.75, 3.05) is 32.0 Å². The first-order valence-corrected chi connectivity index (χ1v) is 6.98. The first-order chi connectivity index (χ1) is 7.44. The van der Waals surface area contributed by atoms with Gasteiger partial charge in [0, 0.05) is 25.7 Å². The summed E-state index contributed by atoms with van der Waals surface area (Å²) >= 11 is 0. The lowest BCUT2D eigenvalue weighted by atomic mass is 10.4. The number of aliphatic hydroxyl groups excluding tert-OH is 1. The van der Waals surface area contributed by atoms with Crippen molar-refractivity contribution >= 4 is 10.0 Å². The molecule has 0 saturated carbocycles. The Labute approximate surface area is 98.2 Å². The minimum Gasteiger partial charge on any atom is -0.395 e. The molecule has 96 valence electrons. The van der Waals surface area contributed by atoms with Crippen LogP contribution in [0.25, 0.3) is 0 Å². The lowest BCUT2D eigenvalue weighted by Crippen LogP contribution is -2.39. The highest BCUT2D eigenvalue weighted by Gasteiger charge is 2.19. The Morgan fingerprint density at radius 3 is 2.56 bits per heavy atom. The van der Waals surface area contributed by atoms with Crippen molar-refractivity contribution in [2.45, 2.75) is 19.9 Å². The van der Waals surface area contributed by atoms with E-state index in [1.54, 1.807) is 0 Å². The van der Waals surface area contributed by atoms with Crippen LogP contribution in [0, 0.1) is 0 Å². The lowest BCUT2D eigenvalue weighted by Gasteiger charge is -2.20. The number of nitrogens with one attached hydrogen (secondary N) is 1. The number of hydrogen-bond acceptors (Lipinski definition) is 4. The Hall–Kier alpha value is -0.430. The highest BCUT2D eigenvalue weighted by molar-refractivity contribution is 7.89. The number of sulfonamides is 1. The molecule has 5 nitrogen and oxygen atoms in total. The maximum atomic E-state index is 11.8. The smallest absolute Gasteiger partial charge is 0.215 e. The second kappa shape index (κ2) is 7.78. The van der Waals surface area contributed by atoms with Gasteiger partial charge >= 0.3 is 0 Å². The van der Waals surface area contributed by atoms with Crippen LogP contribution in [0.3, 0.4) is 0 Å². The number of hydrogen-bond donors (Lipinski definition) is 2. The van der Waals surface area contributed by atoms with Crippen molar-refractivity contribution in [3.05, 3.63) is 12.7 Å². The van der Waals surface area contributed by atoms with Crippen molar-refractivity contribution in [1.29, 1.82) is 0 Å². The molecule has 0 spiro atoms. The summed E-state index contributed by atoms with van der Waals surface area (Å²) in [6.45, 7) is 8.02. The van der Waals surface area contributed by atoms with E-state index >= 15 is 0 Å². The van der Waals surface area contributed by atoms with Crippen LogP contribution in [-0.4, -0.2) is 55.9 Å². The van der Waals surface area contributed by atoms with E-state index in [9.17, 15) is 8.42 Å². The number of rotatable bonds is 9. The summed E-state index contributed by atoms with van der Waals surface area (Å²) in [4.78, 5) is 0. The normalized spacial score (nSPS) is 12.3. The number of nitrogens with zero attached hydrogens (tertiary/aromatic N) is 1. The van der Waals surface area contributed by atoms with E-state index < -0.39 is 10.0 Å². The average molecular weight is 250 g/mol. The summed E-state index contributed by atoms with van der Waals surface area (Å²) in [6.07, 6.45) is 1.52. The maximum absolute atomic E-state index is 11.8. The van der Waals surface area contributed by atoms with Gasteiger partial charge in [0.15, 0.2) is 0 Å². The van der Waals surface area contributed by atoms with E-state index in [2.05, 4.69) is 11.9 Å². The molecule has 0 fully saturated rings. The van der Waals surface area contributed by atoms with Crippen LogP contribution in [0.15, 0.2) is 12.7 Å². The third-order valence-corrected chi connectivity index (χ3v) is 3.83. The molecule has 0 atom stereocenters. The number of aliphatic hydroxyl groups is 1. The molecule has 0 rings (SSSR count). The predicted octanol–water partition coefficient (Wildman–Crippen LogP) is -0.205. The van der Waals surface area contributed by atoms with Gasteiger partial charge < -0.3 is 10.4 Å². The molecule has 0 aromatic heterocycles. The quantitative estimate of drug-likeness (QED) is 0.556. The van der Waals surface area contributed by atoms with Crippen LogP contribution in [0.5, 0.6) is 0 Å². The first kappa shape index (κ1) is 15.6. The van der Waals surface area contributed by atoms with Crippen LogP contribution >= 0.6 is 0 Å². The topological polar surface area (TPSA) is 69.6 Å². The third-order valence-electron chi connectivity index (χ3n) is 1.99. The Balaban J connectivity index is 4.29. The third kappa shape index (κ3) is 6.22. The van der Waals surface area contributed by atoms with Gasteiger partial charge in [-0.2, -0.15) is 4.31 Å². The van der Waals surface area contributed by atoms with Crippen molar-refractivity contribution < 1.29 is 13.5 Å². The lowest BCUT2D eigenvalue weighted by molar-refractivity contribution is 0.260. The first-order valence-electron chi connectivity index (χ1n) is 5.37. The van der Waals surface area contributed by atoms with Gasteiger partial charge in [-0.3, -0.25) is 0 Å². The van der Waals surface area contributed by atoms with E-state index in [1.165, 1.54) is 10.4 Å². The molecule has 0 aliphatic carbocycles. The van der Waals surface area contributed by atoms with Gasteiger partial charge in [0.1, 0.15) is 0 Å². The summed E-state index contributed by atoms with van der Waals surface area (Å²) in [6, 6.07) is 0.265. The Morgan fingerprint density at radius 2 is 2.12 bits per heavy atom. The van der Waals surface area contributed by atoms with Crippen molar-refractivity contribution in [2.24, 2.45) is 0 Å². The predicted molar refractivity (Wildman–Crippen MR) is 65.8 cm³/mol. The minimum atomic E-state index is -3.30. The monoisotopic (exact) mass is 250 g/mol. The van der Waals surface area contributed by atoms with Gasteiger partial charge in [0.25, 0.3) is 0 Å². The van der Waals surface area contributed by atoms with E-state index in [0.29, 0.717) is 6.54 Å². The van der Waals surface area contributed by atoms with E-state index in [-0.39, 0.29) is 31.5 Å². The second-order valence-electron chi connectivity index (χ2n) is 3.80. The van der Waals surface area contributed by atoms with Gasteiger partial charge in [0.2, 0.25) is 10.0 Å². The Morgan fingerprint density at radius 1 is 1.50 bits per heavy atom. The molecule has 0 saturated heterocycles. The molecule has 0 unspecified atom stereocenters. The van der Waals surface area contributed by atoms with Crippen LogP contribution in [0.1, 0.15) is 13.8 Å². The van der Waals surface area contributed by atoms with E-state index in [0.717, 1.165) is 0 Å². The van der Waals surface area contributed by atoms with Crippen molar-refractivity contribution in [1.82, 2.24) is 9.62 Å². The van der Waals surface area contributed by atoms with E-state index in [4.69, 9.17) is 5.11 Å². The molecule has 0 aromatic carbocycles. The van der Waals surface area contributed by atoms with Gasteiger partial charge in [-0.15, -0.1) is 6.58 Å². The van der Waals surface area contributed by atoms with Crippen LogP contribution in [-0.2, 0) is 10.0 Å². The van der Waals surface area contributed by atoms with Crippen molar-refractivity contribution in [3.63, 3.8) is 0 Å². The molecule has 16 heavy (non-hydrogen) atoms. The second-order valence-corrected chi connectivity index (χ2v) is 5.88. The zero-order valence-corrected chi connectivity index (χ0v) is 10.8. The largest absolute Gasteiger partial charge is 0.395 e. The minimum absolute atomic E-state index is 0.0407. The van der Waals surface area contributed by atoms with Crippen LogP contribution in [0.4, 0.5) is 0 Å². The highest BCUT2D eigenvalue weighted by Crippen LogP contribution is 2.00. The summed E-state index contributed by atoms with van der Waals surface area (Å²) in [7, 11) is -3.30. The van der Waals surface area contributed by atoms with Crippen LogP contribution in [0.2, 0.25) is 0 Å². The van der Waals surface area contributed by atoms with Gasteiger partial charge in [-0.05, 0) is 0 Å². The highest BCUT2D eigenvalue weighted by atomic mass is 32.2. The zero-order valence-electron chi connectivity index (χ0n) is 10.0. The molecular formula is C10H22N2O3S. The molecule has 0 heterocycles. The maximum Gasteiger partial charge on any atom is 0.215 e. The van der Waals surface area contributed by atoms with Crippen LogP contribution < -0.4 is 5.32 Å². The molecular weight excluding hydrogens is 228 g/mol. The standard InChI is InChI=1S/C10H22N2O3S/c1-4-6-12(7-8-13)16(14,15)9-5-11-10(2)3/h4,10-11,13H,1,5-9H2,2-3H3. The summed E-state index contributed by atoms with van der Waals surface area (Å²) in [5.41, 5.74) is 0. The van der Waals surface area contributed by atoms with Gasteiger partial charge in [-0.25, -0.2) is 8.42 Å². The summed E-state index contributed by atoms with van der Waals surface area (Å²) in [5, 5.41) is 11.8. The molecule has 0 bridgehead atoms. The Bertz CT molecular complexity index is 288. The molecule has 0 amide bonds. The molecule has 6 heteroatoms. The van der Waals surface area contributed by atoms with Crippen molar-refractivity contribution in [3.8, 4) is 0 Å². The molecule has 0 aliphatic heterocycles. The molecule has 0 radical (unpaired) electrons. The fraction of sp³-hybridized carbons (Fsp3) is 0.800. The Kier molecular flexibility index (Phi) is 7.57. The average Bonchev–Trinajstić information content (AvgIpc) is 2.16. The molecule has 0 aliphatic rings. The summed E-state index contributed by atoms with van der Waals surface area (Å²) < 4.78 is 24.9. The summed E-state index contributed by atoms with van der Waals surface area (Å²) in [5.74, 6) is 0.0407. The zero-order chi connectivity index (χ0) is 12.6. The van der Waals surface area contributed by atoms with Gasteiger partial charge in [0.05, 0.1) is 12.4 Å². The SMILES string of the molecule is C=CCN(CCO)S(=O)(=O)CCNC(C)C. The fourth-order valence-electron chi connectivity index (χ4n) is 1.21. The molecule has 2 N–H and O–H groups in total. The van der Waals surface area contributed by atoms with E-state index in [1.807, 2.05) is 13.8 Å². The fourth-order valence-corrected chi connectivity index (χ4v) is 2.53. The van der Waals surface area contributed by atoms with Gasteiger partial charge in [-0.1, -0.05) is 19.9 Å². The molecule has 0 aromatic rings.